The van der Waals surface area contributed by atoms with Crippen LogP contribution in [0, 0.1) is 0 Å². The Kier molecular flexibility index (Phi) is 3.05. The van der Waals surface area contributed by atoms with E-state index in [1.54, 1.807) is 12.2 Å². The van der Waals surface area contributed by atoms with Gasteiger partial charge in [0.2, 0.25) is 0 Å². The minimum absolute atomic E-state index is 0.000506. The second kappa shape index (κ2) is 4.66. The molecule has 0 atom stereocenters. The van der Waals surface area contributed by atoms with E-state index >= 15 is 0 Å². The zero-order valence-electron chi connectivity index (χ0n) is 9.74. The maximum Gasteiger partial charge on any atom is 0.285 e. The predicted octanol–water partition coefficient (Wildman–Crippen LogP) is 0.559. The molecule has 0 aliphatic rings. The van der Waals surface area contributed by atoms with Crippen molar-refractivity contribution in [2.45, 2.75) is 6.92 Å². The summed E-state index contributed by atoms with van der Waals surface area (Å²) in [7, 11) is 0. The second-order valence-electron chi connectivity index (χ2n) is 3.50. The SMILES string of the molecule is C/C=C\c1nc(C(=O)n2ccnc2)c(N)nc1N. The zero-order valence-corrected chi connectivity index (χ0v) is 9.74. The van der Waals surface area contributed by atoms with Crippen molar-refractivity contribution in [2.24, 2.45) is 0 Å². The van der Waals surface area contributed by atoms with Gasteiger partial charge in [-0.2, -0.15) is 0 Å². The van der Waals surface area contributed by atoms with Gasteiger partial charge in [0.05, 0.1) is 0 Å². The van der Waals surface area contributed by atoms with Gasteiger partial charge in [-0.15, -0.1) is 0 Å². The Morgan fingerprint density at radius 1 is 1.33 bits per heavy atom. The molecule has 2 rings (SSSR count). The first kappa shape index (κ1) is 11.8. The summed E-state index contributed by atoms with van der Waals surface area (Å²) in [4.78, 5) is 23.9. The number of hydrogen-bond donors (Lipinski definition) is 2. The van der Waals surface area contributed by atoms with E-state index in [1.807, 2.05) is 6.92 Å². The van der Waals surface area contributed by atoms with Crippen LogP contribution in [0.5, 0.6) is 0 Å². The summed E-state index contributed by atoms with van der Waals surface area (Å²) in [6.45, 7) is 1.81. The van der Waals surface area contributed by atoms with Crippen LogP contribution in [0.25, 0.3) is 6.08 Å². The smallest absolute Gasteiger partial charge is 0.285 e. The Morgan fingerprint density at radius 2 is 2.11 bits per heavy atom. The molecule has 18 heavy (non-hydrogen) atoms. The van der Waals surface area contributed by atoms with Gasteiger partial charge in [0.15, 0.2) is 17.3 Å². The van der Waals surface area contributed by atoms with Crippen molar-refractivity contribution in [3.63, 3.8) is 0 Å². The fourth-order valence-electron chi connectivity index (χ4n) is 1.41. The van der Waals surface area contributed by atoms with E-state index in [1.165, 1.54) is 23.3 Å². The first-order chi connectivity index (χ1) is 8.63. The normalized spacial score (nSPS) is 10.9. The average Bonchev–Trinajstić information content (AvgIpc) is 2.85. The van der Waals surface area contributed by atoms with Gasteiger partial charge in [-0.3, -0.25) is 9.36 Å². The molecule has 92 valence electrons. The first-order valence-electron chi connectivity index (χ1n) is 5.21. The lowest BCUT2D eigenvalue weighted by Gasteiger charge is -2.06. The van der Waals surface area contributed by atoms with Crippen molar-refractivity contribution in [2.75, 3.05) is 11.5 Å². The summed E-state index contributed by atoms with van der Waals surface area (Å²) >= 11 is 0. The van der Waals surface area contributed by atoms with Crippen LogP contribution >= 0.6 is 0 Å². The standard InChI is InChI=1S/C11H12N6O/c1-2-3-7-9(12)16-10(13)8(15-7)11(18)17-5-4-14-6-17/h2-6H,1H3,(H4,12,13,16)/b3-2-. The van der Waals surface area contributed by atoms with Crippen molar-refractivity contribution in [3.05, 3.63) is 36.2 Å². The van der Waals surface area contributed by atoms with E-state index in [0.717, 1.165) is 0 Å². The van der Waals surface area contributed by atoms with E-state index < -0.39 is 5.91 Å². The van der Waals surface area contributed by atoms with Crippen molar-refractivity contribution < 1.29 is 4.79 Å². The molecule has 0 aliphatic carbocycles. The molecule has 0 spiro atoms. The predicted molar refractivity (Wildman–Crippen MR) is 67.5 cm³/mol. The molecule has 0 fully saturated rings. The Labute approximate surface area is 103 Å². The average molecular weight is 244 g/mol. The molecule has 0 aliphatic heterocycles. The number of carbonyl (C=O) groups is 1. The summed E-state index contributed by atoms with van der Waals surface area (Å²) < 4.78 is 1.27. The number of nitrogens with zero attached hydrogens (tertiary/aromatic N) is 4. The third-order valence-electron chi connectivity index (χ3n) is 2.24. The molecule has 0 amide bonds. The Morgan fingerprint density at radius 3 is 2.72 bits per heavy atom. The molecular weight excluding hydrogens is 232 g/mol. The molecule has 0 unspecified atom stereocenters. The van der Waals surface area contributed by atoms with Gasteiger partial charge in [-0.1, -0.05) is 6.08 Å². The summed E-state index contributed by atoms with van der Waals surface area (Å²) in [5, 5.41) is 0. The molecule has 4 N–H and O–H groups in total. The van der Waals surface area contributed by atoms with Crippen LogP contribution in [-0.2, 0) is 0 Å². The number of rotatable bonds is 2. The number of allylic oxidation sites excluding steroid dienone is 1. The van der Waals surface area contributed by atoms with Crippen LogP contribution in [0.1, 0.15) is 23.1 Å². The van der Waals surface area contributed by atoms with Gasteiger partial charge < -0.3 is 11.5 Å². The third-order valence-corrected chi connectivity index (χ3v) is 2.24. The van der Waals surface area contributed by atoms with Crippen LogP contribution in [0.3, 0.4) is 0 Å². The van der Waals surface area contributed by atoms with E-state index in [0.29, 0.717) is 5.69 Å². The van der Waals surface area contributed by atoms with Crippen molar-refractivity contribution in [3.8, 4) is 0 Å². The number of hydrogen-bond acceptors (Lipinski definition) is 6. The minimum Gasteiger partial charge on any atom is -0.382 e. The Balaban J connectivity index is 2.51. The highest BCUT2D eigenvalue weighted by Gasteiger charge is 2.16. The molecule has 7 nitrogen and oxygen atoms in total. The van der Waals surface area contributed by atoms with Gasteiger partial charge in [-0.05, 0) is 13.0 Å². The van der Waals surface area contributed by atoms with Gasteiger partial charge in [-0.25, -0.2) is 15.0 Å². The quantitative estimate of drug-likeness (QED) is 0.798. The number of aromatic nitrogens is 4. The van der Waals surface area contributed by atoms with Crippen LogP contribution in [-0.4, -0.2) is 25.4 Å². The van der Waals surface area contributed by atoms with Crippen LogP contribution < -0.4 is 11.5 Å². The number of nitrogens with two attached hydrogens (primary N) is 2. The molecule has 0 saturated heterocycles. The number of carbonyl (C=O) groups excluding carboxylic acids is 1. The van der Waals surface area contributed by atoms with Crippen LogP contribution in [0.15, 0.2) is 24.8 Å². The molecule has 2 aromatic rings. The summed E-state index contributed by atoms with van der Waals surface area (Å²) in [6.07, 6.45) is 7.78. The molecule has 0 aromatic carbocycles. The molecule has 0 bridgehead atoms. The highest BCUT2D eigenvalue weighted by Crippen LogP contribution is 2.15. The maximum atomic E-state index is 12.1. The number of nitrogen functional groups attached to an aromatic ring is 2. The maximum absolute atomic E-state index is 12.1. The largest absolute Gasteiger partial charge is 0.382 e. The minimum atomic E-state index is -0.400. The lowest BCUT2D eigenvalue weighted by atomic mass is 10.3. The Hall–Kier alpha value is -2.70. The highest BCUT2D eigenvalue weighted by atomic mass is 16.2. The van der Waals surface area contributed by atoms with E-state index in [-0.39, 0.29) is 17.3 Å². The molecule has 0 radical (unpaired) electrons. The number of anilines is 2. The molecule has 0 saturated carbocycles. The van der Waals surface area contributed by atoms with Crippen molar-refractivity contribution in [1.29, 1.82) is 0 Å². The van der Waals surface area contributed by atoms with E-state index in [2.05, 4.69) is 15.0 Å². The van der Waals surface area contributed by atoms with E-state index in [9.17, 15) is 4.79 Å². The molecule has 2 heterocycles. The highest BCUT2D eigenvalue weighted by molar-refractivity contribution is 5.98. The molecular formula is C11H12N6O. The van der Waals surface area contributed by atoms with E-state index in [4.69, 9.17) is 11.5 Å². The molecule has 7 heteroatoms. The topological polar surface area (TPSA) is 113 Å². The lowest BCUT2D eigenvalue weighted by Crippen LogP contribution is -2.17. The van der Waals surface area contributed by atoms with Gasteiger partial charge in [0.1, 0.15) is 12.0 Å². The first-order valence-corrected chi connectivity index (χ1v) is 5.21. The summed E-state index contributed by atoms with van der Waals surface area (Å²) in [6, 6.07) is 0. The van der Waals surface area contributed by atoms with Crippen molar-refractivity contribution in [1.82, 2.24) is 19.5 Å². The number of imidazole rings is 1. The zero-order chi connectivity index (χ0) is 13.1. The van der Waals surface area contributed by atoms with Crippen LogP contribution in [0.4, 0.5) is 11.6 Å². The lowest BCUT2D eigenvalue weighted by molar-refractivity contribution is 0.0955. The summed E-state index contributed by atoms with van der Waals surface area (Å²) in [5.41, 5.74) is 11.8. The second-order valence-corrected chi connectivity index (χ2v) is 3.50. The van der Waals surface area contributed by atoms with Gasteiger partial charge >= 0.3 is 0 Å². The third kappa shape index (κ3) is 2.05. The molecule has 2 aromatic heterocycles. The fraction of sp³-hybridized carbons (Fsp3) is 0.0909. The monoisotopic (exact) mass is 244 g/mol. The van der Waals surface area contributed by atoms with Gasteiger partial charge in [0.25, 0.3) is 5.91 Å². The Bertz CT molecular complexity index is 602. The fourth-order valence-corrected chi connectivity index (χ4v) is 1.41. The van der Waals surface area contributed by atoms with Crippen molar-refractivity contribution >= 4 is 23.6 Å². The summed E-state index contributed by atoms with van der Waals surface area (Å²) in [5.74, 6) is -0.213. The van der Waals surface area contributed by atoms with Gasteiger partial charge in [0, 0.05) is 12.4 Å². The van der Waals surface area contributed by atoms with Crippen LogP contribution in [0.2, 0.25) is 0 Å².